The molecule has 0 fully saturated rings. The van der Waals surface area contributed by atoms with Gasteiger partial charge in [-0.3, -0.25) is 0 Å². The first-order valence-electron chi connectivity index (χ1n) is 4.67. The second-order valence-electron chi connectivity index (χ2n) is 3.15. The van der Waals surface area contributed by atoms with Crippen LogP contribution >= 0.6 is 0 Å². The van der Waals surface area contributed by atoms with Gasteiger partial charge in [0.05, 0.1) is 6.10 Å². The molecule has 2 N–H and O–H groups in total. The first-order chi connectivity index (χ1) is 6.25. The number of benzene rings is 1. The molecule has 2 nitrogen and oxygen atoms in total. The van der Waals surface area contributed by atoms with Gasteiger partial charge in [-0.05, 0) is 19.4 Å². The van der Waals surface area contributed by atoms with Gasteiger partial charge in [0.15, 0.2) is 0 Å². The molecule has 0 aliphatic heterocycles. The molecule has 0 aliphatic carbocycles. The highest BCUT2D eigenvalue weighted by molar-refractivity contribution is 5.18. The third-order valence-corrected chi connectivity index (χ3v) is 1.95. The Hall–Kier alpha value is -0.860. The van der Waals surface area contributed by atoms with E-state index in [0.717, 1.165) is 5.56 Å². The topological polar surface area (TPSA) is 35.2 Å². The number of hydrogen-bond donors (Lipinski definition) is 1. The molecule has 2 unspecified atom stereocenters. The largest absolute Gasteiger partial charge is 0.372 e. The summed E-state index contributed by atoms with van der Waals surface area (Å²) in [6, 6.07) is 10.1. The standard InChI is InChI=1S/C11H17NO/c1-3-13-11(9(2)12)10-7-5-4-6-8-10/h4-9,11H,3,12H2,1-2H3. The molecule has 0 bridgehead atoms. The van der Waals surface area contributed by atoms with Crippen molar-refractivity contribution in [3.8, 4) is 0 Å². The Kier molecular flexibility index (Phi) is 3.93. The van der Waals surface area contributed by atoms with E-state index in [0.29, 0.717) is 6.61 Å². The maximum Gasteiger partial charge on any atom is 0.0972 e. The molecule has 0 radical (unpaired) electrons. The minimum atomic E-state index is 0.0196. The lowest BCUT2D eigenvalue weighted by Crippen LogP contribution is -2.26. The van der Waals surface area contributed by atoms with Gasteiger partial charge in [-0.25, -0.2) is 0 Å². The van der Waals surface area contributed by atoms with Crippen molar-refractivity contribution in [1.29, 1.82) is 0 Å². The molecular weight excluding hydrogens is 162 g/mol. The molecule has 2 heteroatoms. The van der Waals surface area contributed by atoms with Crippen molar-refractivity contribution >= 4 is 0 Å². The molecule has 13 heavy (non-hydrogen) atoms. The third kappa shape index (κ3) is 2.83. The molecule has 0 aliphatic rings. The van der Waals surface area contributed by atoms with E-state index in [-0.39, 0.29) is 12.1 Å². The minimum absolute atomic E-state index is 0.0196. The zero-order chi connectivity index (χ0) is 9.68. The molecular formula is C11H17NO. The van der Waals surface area contributed by atoms with Crippen molar-refractivity contribution in [3.63, 3.8) is 0 Å². The number of rotatable bonds is 4. The van der Waals surface area contributed by atoms with Gasteiger partial charge in [-0.1, -0.05) is 30.3 Å². The molecule has 72 valence electrons. The second-order valence-corrected chi connectivity index (χ2v) is 3.15. The summed E-state index contributed by atoms with van der Waals surface area (Å²) in [4.78, 5) is 0. The summed E-state index contributed by atoms with van der Waals surface area (Å²) in [6.07, 6.45) is 0.0196. The molecule has 2 atom stereocenters. The summed E-state index contributed by atoms with van der Waals surface area (Å²) in [5.74, 6) is 0. The highest BCUT2D eigenvalue weighted by atomic mass is 16.5. The molecule has 1 rings (SSSR count). The van der Waals surface area contributed by atoms with Crippen molar-refractivity contribution in [1.82, 2.24) is 0 Å². The van der Waals surface area contributed by atoms with Crippen LogP contribution in [-0.2, 0) is 4.74 Å². The number of ether oxygens (including phenoxy) is 1. The van der Waals surface area contributed by atoms with Gasteiger partial charge >= 0.3 is 0 Å². The normalized spacial score (nSPS) is 15.3. The maximum atomic E-state index is 5.83. The van der Waals surface area contributed by atoms with Gasteiger partial charge in [0.25, 0.3) is 0 Å². The van der Waals surface area contributed by atoms with Crippen LogP contribution in [0.5, 0.6) is 0 Å². The van der Waals surface area contributed by atoms with E-state index in [1.54, 1.807) is 0 Å². The first kappa shape index (κ1) is 10.2. The Labute approximate surface area is 79.7 Å². The number of hydrogen-bond acceptors (Lipinski definition) is 2. The van der Waals surface area contributed by atoms with Gasteiger partial charge < -0.3 is 10.5 Å². The SMILES string of the molecule is CCOC(c1ccccc1)C(C)N. The van der Waals surface area contributed by atoms with E-state index in [9.17, 15) is 0 Å². The van der Waals surface area contributed by atoms with Crippen molar-refractivity contribution in [2.75, 3.05) is 6.61 Å². The van der Waals surface area contributed by atoms with Crippen LogP contribution in [0.4, 0.5) is 0 Å². The van der Waals surface area contributed by atoms with Crippen LogP contribution in [0.15, 0.2) is 30.3 Å². The Morgan fingerprint density at radius 3 is 2.38 bits per heavy atom. The zero-order valence-corrected chi connectivity index (χ0v) is 8.23. The fourth-order valence-electron chi connectivity index (χ4n) is 1.37. The molecule has 1 aromatic rings. The van der Waals surface area contributed by atoms with E-state index in [2.05, 4.69) is 0 Å². The fraction of sp³-hybridized carbons (Fsp3) is 0.455. The summed E-state index contributed by atoms with van der Waals surface area (Å²) in [5, 5.41) is 0. The molecule has 0 saturated carbocycles. The van der Waals surface area contributed by atoms with Crippen molar-refractivity contribution in [2.24, 2.45) is 5.73 Å². The van der Waals surface area contributed by atoms with Crippen LogP contribution in [0, 0.1) is 0 Å². The Bertz CT molecular complexity index is 233. The molecule has 0 amide bonds. The Morgan fingerprint density at radius 1 is 1.31 bits per heavy atom. The van der Waals surface area contributed by atoms with E-state index >= 15 is 0 Å². The molecule has 0 saturated heterocycles. The van der Waals surface area contributed by atoms with Crippen LogP contribution in [0.3, 0.4) is 0 Å². The molecule has 1 aromatic carbocycles. The maximum absolute atomic E-state index is 5.83. The van der Waals surface area contributed by atoms with Crippen LogP contribution in [-0.4, -0.2) is 12.6 Å². The second kappa shape index (κ2) is 5.00. The molecule has 0 aromatic heterocycles. The number of nitrogens with two attached hydrogens (primary N) is 1. The fourth-order valence-corrected chi connectivity index (χ4v) is 1.37. The highest BCUT2D eigenvalue weighted by Gasteiger charge is 2.14. The summed E-state index contributed by atoms with van der Waals surface area (Å²) in [6.45, 7) is 4.65. The quantitative estimate of drug-likeness (QED) is 0.768. The first-order valence-corrected chi connectivity index (χ1v) is 4.67. The minimum Gasteiger partial charge on any atom is -0.372 e. The lowest BCUT2D eigenvalue weighted by Gasteiger charge is -2.20. The van der Waals surface area contributed by atoms with Crippen LogP contribution in [0.1, 0.15) is 25.5 Å². The van der Waals surface area contributed by atoms with Crippen LogP contribution in [0.2, 0.25) is 0 Å². The molecule has 0 heterocycles. The van der Waals surface area contributed by atoms with E-state index in [4.69, 9.17) is 10.5 Å². The smallest absolute Gasteiger partial charge is 0.0972 e. The average Bonchev–Trinajstić information content (AvgIpc) is 2.15. The summed E-state index contributed by atoms with van der Waals surface area (Å²) >= 11 is 0. The third-order valence-electron chi connectivity index (χ3n) is 1.95. The van der Waals surface area contributed by atoms with Crippen molar-refractivity contribution in [2.45, 2.75) is 26.0 Å². The van der Waals surface area contributed by atoms with E-state index in [1.165, 1.54) is 0 Å². The van der Waals surface area contributed by atoms with Crippen LogP contribution in [0.25, 0.3) is 0 Å². The van der Waals surface area contributed by atoms with Crippen molar-refractivity contribution < 1.29 is 4.74 Å². The predicted molar refractivity (Wildman–Crippen MR) is 54.5 cm³/mol. The van der Waals surface area contributed by atoms with E-state index < -0.39 is 0 Å². The van der Waals surface area contributed by atoms with Crippen molar-refractivity contribution in [3.05, 3.63) is 35.9 Å². The monoisotopic (exact) mass is 179 g/mol. The van der Waals surface area contributed by atoms with Gasteiger partial charge in [0.1, 0.15) is 0 Å². The van der Waals surface area contributed by atoms with Crippen LogP contribution < -0.4 is 5.73 Å². The summed E-state index contributed by atoms with van der Waals surface area (Å²) in [5.41, 5.74) is 6.98. The van der Waals surface area contributed by atoms with Gasteiger partial charge in [-0.15, -0.1) is 0 Å². The summed E-state index contributed by atoms with van der Waals surface area (Å²) < 4.78 is 5.56. The predicted octanol–water partition coefficient (Wildman–Crippen LogP) is 2.11. The lowest BCUT2D eigenvalue weighted by molar-refractivity contribution is 0.0475. The average molecular weight is 179 g/mol. The Balaban J connectivity index is 2.76. The summed E-state index contributed by atoms with van der Waals surface area (Å²) in [7, 11) is 0. The lowest BCUT2D eigenvalue weighted by atomic mass is 10.0. The highest BCUT2D eigenvalue weighted by Crippen LogP contribution is 2.19. The zero-order valence-electron chi connectivity index (χ0n) is 8.23. The Morgan fingerprint density at radius 2 is 1.92 bits per heavy atom. The molecule has 0 spiro atoms. The van der Waals surface area contributed by atoms with Gasteiger partial charge in [-0.2, -0.15) is 0 Å². The van der Waals surface area contributed by atoms with Gasteiger partial charge in [0.2, 0.25) is 0 Å². The van der Waals surface area contributed by atoms with E-state index in [1.807, 2.05) is 44.2 Å². The van der Waals surface area contributed by atoms with Gasteiger partial charge in [0, 0.05) is 12.6 Å².